The van der Waals surface area contributed by atoms with Crippen molar-refractivity contribution in [3.8, 4) is 5.75 Å². The highest BCUT2D eigenvalue weighted by Crippen LogP contribution is 2.15. The third kappa shape index (κ3) is 4.91. The lowest BCUT2D eigenvalue weighted by atomic mass is 10.1. The first-order valence-corrected chi connectivity index (χ1v) is 8.17. The molecular weight excluding hydrogens is 312 g/mol. The van der Waals surface area contributed by atoms with Crippen LogP contribution in [-0.4, -0.2) is 10.9 Å². The first kappa shape index (κ1) is 16.7. The predicted molar refractivity (Wildman–Crippen MR) is 97.4 cm³/mol. The second kappa shape index (κ2) is 8.11. The third-order valence-electron chi connectivity index (χ3n) is 3.78. The molecule has 1 heterocycles. The topological polar surface area (TPSA) is 51.2 Å². The number of rotatable bonds is 6. The van der Waals surface area contributed by atoms with Gasteiger partial charge in [-0.2, -0.15) is 0 Å². The highest BCUT2D eigenvalue weighted by Gasteiger charge is 2.05. The van der Waals surface area contributed by atoms with Crippen LogP contribution in [0, 0.1) is 6.92 Å². The van der Waals surface area contributed by atoms with Crippen molar-refractivity contribution in [1.29, 1.82) is 0 Å². The predicted octanol–water partition coefficient (Wildman–Crippen LogP) is 3.90. The molecule has 0 aliphatic carbocycles. The summed E-state index contributed by atoms with van der Waals surface area (Å²) in [5, 5.41) is 2.93. The van der Waals surface area contributed by atoms with Gasteiger partial charge in [0, 0.05) is 18.3 Å². The molecule has 4 heteroatoms. The van der Waals surface area contributed by atoms with Gasteiger partial charge in [0.1, 0.15) is 12.4 Å². The largest absolute Gasteiger partial charge is 0.487 e. The molecule has 0 aliphatic heterocycles. The Morgan fingerprint density at radius 1 is 1.04 bits per heavy atom. The number of nitrogens with zero attached hydrogens (tertiary/aromatic N) is 1. The van der Waals surface area contributed by atoms with Crippen LogP contribution in [0.1, 0.15) is 27.2 Å². The number of benzene rings is 2. The maximum Gasteiger partial charge on any atom is 0.251 e. The summed E-state index contributed by atoms with van der Waals surface area (Å²) in [5.41, 5.74) is 3.65. The lowest BCUT2D eigenvalue weighted by molar-refractivity contribution is 0.0951. The minimum absolute atomic E-state index is 0.0835. The van der Waals surface area contributed by atoms with Crippen LogP contribution in [0.4, 0.5) is 0 Å². The Morgan fingerprint density at radius 3 is 2.64 bits per heavy atom. The van der Waals surface area contributed by atoms with E-state index < -0.39 is 0 Å². The molecule has 0 atom stereocenters. The molecule has 0 aliphatic rings. The Hall–Kier alpha value is -3.14. The normalized spacial score (nSPS) is 10.3. The van der Waals surface area contributed by atoms with Crippen LogP contribution in [0.2, 0.25) is 0 Å². The standard InChI is InChI=1S/C21H20N2O2/c1-16-8-10-18(11-9-16)21(24)23-14-17-5-4-7-20(13-17)25-15-19-6-2-3-12-22-19/h2-13H,14-15H2,1H3,(H,23,24). The van der Waals surface area contributed by atoms with Crippen LogP contribution >= 0.6 is 0 Å². The fraction of sp³-hybridized carbons (Fsp3) is 0.143. The molecule has 4 nitrogen and oxygen atoms in total. The van der Waals surface area contributed by atoms with Crippen LogP contribution < -0.4 is 10.1 Å². The zero-order valence-electron chi connectivity index (χ0n) is 14.1. The molecule has 0 saturated heterocycles. The van der Waals surface area contributed by atoms with Crippen LogP contribution in [0.3, 0.4) is 0 Å². The fourth-order valence-corrected chi connectivity index (χ4v) is 2.38. The second-order valence-electron chi connectivity index (χ2n) is 5.81. The number of carbonyl (C=O) groups is 1. The van der Waals surface area contributed by atoms with E-state index in [4.69, 9.17) is 4.74 Å². The van der Waals surface area contributed by atoms with Crippen molar-refractivity contribution in [1.82, 2.24) is 10.3 Å². The lowest BCUT2D eigenvalue weighted by Crippen LogP contribution is -2.22. The molecule has 3 aromatic rings. The Bertz CT molecular complexity index is 830. The number of hydrogen-bond acceptors (Lipinski definition) is 3. The van der Waals surface area contributed by atoms with E-state index in [-0.39, 0.29) is 5.91 Å². The van der Waals surface area contributed by atoms with Crippen molar-refractivity contribution >= 4 is 5.91 Å². The third-order valence-corrected chi connectivity index (χ3v) is 3.78. The molecule has 0 unspecified atom stereocenters. The van der Waals surface area contributed by atoms with E-state index in [0.29, 0.717) is 18.7 Å². The summed E-state index contributed by atoms with van der Waals surface area (Å²) in [7, 11) is 0. The number of pyridine rings is 1. The van der Waals surface area contributed by atoms with Crippen molar-refractivity contribution in [2.24, 2.45) is 0 Å². The molecule has 1 N–H and O–H groups in total. The Labute approximate surface area is 147 Å². The lowest BCUT2D eigenvalue weighted by Gasteiger charge is -2.09. The van der Waals surface area contributed by atoms with Gasteiger partial charge >= 0.3 is 0 Å². The van der Waals surface area contributed by atoms with E-state index in [0.717, 1.165) is 22.6 Å². The van der Waals surface area contributed by atoms with Crippen LogP contribution in [0.5, 0.6) is 5.75 Å². The smallest absolute Gasteiger partial charge is 0.251 e. The number of aryl methyl sites for hydroxylation is 1. The van der Waals surface area contributed by atoms with Gasteiger partial charge in [-0.1, -0.05) is 35.9 Å². The summed E-state index contributed by atoms with van der Waals surface area (Å²) in [6.45, 7) is 2.87. The summed E-state index contributed by atoms with van der Waals surface area (Å²) in [4.78, 5) is 16.4. The maximum atomic E-state index is 12.2. The molecular formula is C21H20N2O2. The van der Waals surface area contributed by atoms with Crippen molar-refractivity contribution in [3.05, 3.63) is 95.3 Å². The molecule has 3 rings (SSSR count). The summed E-state index contributed by atoms with van der Waals surface area (Å²) < 4.78 is 5.76. The minimum Gasteiger partial charge on any atom is -0.487 e. The molecule has 0 fully saturated rings. The van der Waals surface area contributed by atoms with Gasteiger partial charge in [0.15, 0.2) is 0 Å². The number of amides is 1. The molecule has 1 aromatic heterocycles. The molecule has 25 heavy (non-hydrogen) atoms. The number of hydrogen-bond donors (Lipinski definition) is 1. The zero-order chi connectivity index (χ0) is 17.5. The Morgan fingerprint density at radius 2 is 1.88 bits per heavy atom. The van der Waals surface area contributed by atoms with E-state index in [1.807, 2.05) is 73.7 Å². The molecule has 1 amide bonds. The summed E-state index contributed by atoms with van der Waals surface area (Å²) in [6.07, 6.45) is 1.75. The van der Waals surface area contributed by atoms with Crippen molar-refractivity contribution in [2.45, 2.75) is 20.1 Å². The molecule has 0 bridgehead atoms. The molecule has 0 saturated carbocycles. The van der Waals surface area contributed by atoms with Gasteiger partial charge in [0.25, 0.3) is 5.91 Å². The summed E-state index contributed by atoms with van der Waals surface area (Å²) in [6, 6.07) is 21.0. The second-order valence-corrected chi connectivity index (χ2v) is 5.81. The average molecular weight is 332 g/mol. The minimum atomic E-state index is -0.0835. The Balaban J connectivity index is 1.56. The van der Waals surface area contributed by atoms with Gasteiger partial charge in [-0.25, -0.2) is 0 Å². The van der Waals surface area contributed by atoms with Crippen LogP contribution in [-0.2, 0) is 13.2 Å². The van der Waals surface area contributed by atoms with E-state index in [1.54, 1.807) is 6.20 Å². The highest BCUT2D eigenvalue weighted by molar-refractivity contribution is 5.94. The zero-order valence-corrected chi connectivity index (χ0v) is 14.1. The highest BCUT2D eigenvalue weighted by atomic mass is 16.5. The van der Waals surface area contributed by atoms with Crippen molar-refractivity contribution in [3.63, 3.8) is 0 Å². The number of nitrogens with one attached hydrogen (secondary N) is 1. The van der Waals surface area contributed by atoms with Crippen molar-refractivity contribution in [2.75, 3.05) is 0 Å². The number of carbonyl (C=O) groups excluding carboxylic acids is 1. The average Bonchev–Trinajstić information content (AvgIpc) is 2.66. The molecule has 0 radical (unpaired) electrons. The van der Waals surface area contributed by atoms with Gasteiger partial charge in [-0.3, -0.25) is 9.78 Å². The fourth-order valence-electron chi connectivity index (χ4n) is 2.38. The first-order valence-electron chi connectivity index (χ1n) is 8.17. The Kier molecular flexibility index (Phi) is 5.42. The van der Waals surface area contributed by atoms with E-state index in [1.165, 1.54) is 0 Å². The number of aromatic nitrogens is 1. The number of ether oxygens (including phenoxy) is 1. The summed E-state index contributed by atoms with van der Waals surface area (Å²) in [5.74, 6) is 0.674. The van der Waals surface area contributed by atoms with Crippen LogP contribution in [0.25, 0.3) is 0 Å². The SMILES string of the molecule is Cc1ccc(C(=O)NCc2cccc(OCc3ccccn3)c2)cc1. The quantitative estimate of drug-likeness (QED) is 0.745. The molecule has 2 aromatic carbocycles. The maximum absolute atomic E-state index is 12.2. The monoisotopic (exact) mass is 332 g/mol. The molecule has 126 valence electrons. The molecule has 0 spiro atoms. The van der Waals surface area contributed by atoms with Gasteiger partial charge < -0.3 is 10.1 Å². The van der Waals surface area contributed by atoms with E-state index >= 15 is 0 Å². The van der Waals surface area contributed by atoms with Crippen LogP contribution in [0.15, 0.2) is 72.9 Å². The van der Waals surface area contributed by atoms with E-state index in [9.17, 15) is 4.79 Å². The summed E-state index contributed by atoms with van der Waals surface area (Å²) >= 11 is 0. The van der Waals surface area contributed by atoms with Gasteiger partial charge in [-0.05, 0) is 48.9 Å². The van der Waals surface area contributed by atoms with Gasteiger partial charge in [0.05, 0.1) is 5.69 Å². The van der Waals surface area contributed by atoms with Gasteiger partial charge in [0.2, 0.25) is 0 Å². The van der Waals surface area contributed by atoms with E-state index in [2.05, 4.69) is 10.3 Å². The van der Waals surface area contributed by atoms with Crippen molar-refractivity contribution < 1.29 is 9.53 Å². The van der Waals surface area contributed by atoms with Gasteiger partial charge in [-0.15, -0.1) is 0 Å². The first-order chi connectivity index (χ1) is 12.2.